The molecule has 0 aromatic rings. The van der Waals surface area contributed by atoms with Gasteiger partial charge in [0.1, 0.15) is 23.4 Å². The van der Waals surface area contributed by atoms with Crippen molar-refractivity contribution in [3.05, 3.63) is 57.0 Å². The summed E-state index contributed by atoms with van der Waals surface area (Å²) in [6.45, 7) is 5.10. The summed E-state index contributed by atoms with van der Waals surface area (Å²) in [4.78, 5) is 21.7. The number of ether oxygens (including phenoxy) is 1. The molecule has 0 heterocycles. The van der Waals surface area contributed by atoms with Crippen LogP contribution in [-0.2, 0) is 9.53 Å². The van der Waals surface area contributed by atoms with Crippen molar-refractivity contribution >= 4 is 5.78 Å². The maximum atomic E-state index is 11.4. The van der Waals surface area contributed by atoms with Gasteiger partial charge in [-0.2, -0.15) is 0 Å². The topological polar surface area (TPSA) is 69.4 Å². The summed E-state index contributed by atoms with van der Waals surface area (Å²) >= 11 is 0. The average Bonchev–Trinajstić information content (AvgIpc) is 2.37. The predicted molar refractivity (Wildman–Crippen MR) is 70.6 cm³/mol. The predicted octanol–water partition coefficient (Wildman–Crippen LogP) is 2.74. The van der Waals surface area contributed by atoms with E-state index < -0.39 is 4.92 Å². The Kier molecular flexibility index (Phi) is 5.15. The molecule has 0 aromatic heterocycles. The van der Waals surface area contributed by atoms with Gasteiger partial charge in [0, 0.05) is 11.6 Å². The van der Waals surface area contributed by atoms with Gasteiger partial charge in [0.05, 0.1) is 6.08 Å². The van der Waals surface area contributed by atoms with Crippen LogP contribution in [0.3, 0.4) is 0 Å². The molecule has 0 unspecified atom stereocenters. The van der Waals surface area contributed by atoms with Crippen molar-refractivity contribution in [1.29, 1.82) is 0 Å². The molecule has 0 N–H and O–H groups in total. The highest BCUT2D eigenvalue weighted by atomic mass is 16.6. The quantitative estimate of drug-likeness (QED) is 0.242. The maximum absolute atomic E-state index is 11.4. The fourth-order valence-electron chi connectivity index (χ4n) is 1.76. The Morgan fingerprint density at radius 2 is 2.16 bits per heavy atom. The van der Waals surface area contributed by atoms with Gasteiger partial charge in [-0.05, 0) is 20.3 Å². The summed E-state index contributed by atoms with van der Waals surface area (Å²) < 4.78 is 5.47. The van der Waals surface area contributed by atoms with Crippen molar-refractivity contribution in [2.24, 2.45) is 0 Å². The van der Waals surface area contributed by atoms with Gasteiger partial charge in [-0.25, -0.2) is 10.1 Å². The molecule has 5 nitrogen and oxygen atoms in total. The molecule has 0 saturated heterocycles. The molecule has 0 fully saturated rings. The summed E-state index contributed by atoms with van der Waals surface area (Å²) in [5, 5.41) is 10.8. The fourth-order valence-corrected chi connectivity index (χ4v) is 1.76. The third-order valence-electron chi connectivity index (χ3n) is 2.77. The number of carbonyl (C=O) groups is 1. The van der Waals surface area contributed by atoms with E-state index in [1.165, 1.54) is 13.0 Å². The van der Waals surface area contributed by atoms with Gasteiger partial charge in [0.2, 0.25) is 0 Å². The zero-order valence-corrected chi connectivity index (χ0v) is 11.2. The number of allylic oxidation sites excluding steroid dienone is 5. The first-order valence-corrected chi connectivity index (χ1v) is 5.94. The largest absolute Gasteiger partial charge is 0.490 e. The van der Waals surface area contributed by atoms with E-state index in [2.05, 4.69) is 6.08 Å². The molecule has 0 saturated carbocycles. The molecule has 0 amide bonds. The second-order valence-electron chi connectivity index (χ2n) is 4.05. The third kappa shape index (κ3) is 3.86. The lowest BCUT2D eigenvalue weighted by Gasteiger charge is -2.09. The second kappa shape index (κ2) is 6.61. The first-order chi connectivity index (χ1) is 8.97. The van der Waals surface area contributed by atoms with E-state index in [1.807, 2.05) is 6.92 Å². The van der Waals surface area contributed by atoms with Gasteiger partial charge in [-0.1, -0.05) is 6.92 Å². The van der Waals surface area contributed by atoms with Crippen LogP contribution in [0, 0.1) is 16.2 Å². The smallest absolute Gasteiger partial charge is 0.385 e. The Hall–Kier alpha value is -2.26. The van der Waals surface area contributed by atoms with E-state index in [9.17, 15) is 14.9 Å². The van der Waals surface area contributed by atoms with E-state index in [0.717, 1.165) is 0 Å². The highest BCUT2D eigenvalue weighted by Crippen LogP contribution is 2.17. The summed E-state index contributed by atoms with van der Waals surface area (Å²) in [6.07, 6.45) is 7.73. The van der Waals surface area contributed by atoms with Gasteiger partial charge in [-0.15, -0.1) is 0 Å². The number of nitrogens with zero attached hydrogens (tertiary/aromatic N) is 1. The van der Waals surface area contributed by atoms with E-state index in [1.54, 1.807) is 19.1 Å². The number of rotatable bonds is 6. The van der Waals surface area contributed by atoms with Crippen LogP contribution in [0.25, 0.3) is 0 Å². The SMILES string of the molecule is CC/C(C(C)=O)=C(/C)OCC1=C([N+](=O)[O-])C=[C+]C=C1. The molecule has 19 heavy (non-hydrogen) atoms. The molecule has 0 aromatic carbocycles. The van der Waals surface area contributed by atoms with Crippen molar-refractivity contribution < 1.29 is 14.5 Å². The Morgan fingerprint density at radius 3 is 2.68 bits per heavy atom. The van der Waals surface area contributed by atoms with Crippen molar-refractivity contribution in [1.82, 2.24) is 0 Å². The third-order valence-corrected chi connectivity index (χ3v) is 2.77. The van der Waals surface area contributed by atoms with E-state index in [0.29, 0.717) is 23.3 Å². The summed E-state index contributed by atoms with van der Waals surface area (Å²) in [5.41, 5.74) is 1.03. The van der Waals surface area contributed by atoms with E-state index >= 15 is 0 Å². The van der Waals surface area contributed by atoms with Gasteiger partial charge >= 0.3 is 5.70 Å². The van der Waals surface area contributed by atoms with Gasteiger partial charge in [0.25, 0.3) is 0 Å². The highest BCUT2D eigenvalue weighted by molar-refractivity contribution is 5.93. The minimum Gasteiger partial charge on any atom is -0.490 e. The van der Waals surface area contributed by atoms with Gasteiger partial charge in [-0.3, -0.25) is 4.79 Å². The molecule has 0 bridgehead atoms. The molecule has 100 valence electrons. The van der Waals surface area contributed by atoms with Gasteiger partial charge in [0.15, 0.2) is 17.4 Å². The minimum atomic E-state index is -0.472. The van der Waals surface area contributed by atoms with Crippen LogP contribution in [-0.4, -0.2) is 17.3 Å². The molecule has 1 aliphatic rings. The summed E-state index contributed by atoms with van der Waals surface area (Å²) in [6, 6.07) is 0. The molecule has 5 heteroatoms. The van der Waals surface area contributed by atoms with E-state index in [-0.39, 0.29) is 18.1 Å². The molecule has 0 radical (unpaired) electrons. The van der Waals surface area contributed by atoms with Crippen molar-refractivity contribution in [3.8, 4) is 0 Å². The summed E-state index contributed by atoms with van der Waals surface area (Å²) in [5.74, 6) is 0.466. The van der Waals surface area contributed by atoms with Crippen LogP contribution in [0.2, 0.25) is 0 Å². The monoisotopic (exact) mass is 262 g/mol. The first-order valence-electron chi connectivity index (χ1n) is 5.94. The standard InChI is InChI=1S/C14H16NO4/c1-4-13(10(2)16)11(3)19-9-12-7-5-6-8-14(12)15(17)18/h5,7-8H,4,9H2,1-3H3/q+1/b13-11+. The van der Waals surface area contributed by atoms with Crippen LogP contribution in [0.15, 0.2) is 40.8 Å². The fraction of sp³-hybridized carbons (Fsp3) is 0.357. The Balaban J connectivity index is 2.87. The van der Waals surface area contributed by atoms with Crippen molar-refractivity contribution in [3.63, 3.8) is 0 Å². The molecule has 0 spiro atoms. The zero-order chi connectivity index (χ0) is 14.4. The van der Waals surface area contributed by atoms with Crippen LogP contribution in [0.1, 0.15) is 27.2 Å². The molecular formula is C14H16NO4+. The van der Waals surface area contributed by atoms with E-state index in [4.69, 9.17) is 4.74 Å². The number of nitro groups is 1. The second-order valence-corrected chi connectivity index (χ2v) is 4.05. The summed E-state index contributed by atoms with van der Waals surface area (Å²) in [7, 11) is 0. The first kappa shape index (κ1) is 14.8. The molecule has 1 aliphatic carbocycles. The highest BCUT2D eigenvalue weighted by Gasteiger charge is 2.25. The maximum Gasteiger partial charge on any atom is 0.385 e. The average molecular weight is 262 g/mol. The lowest BCUT2D eigenvalue weighted by molar-refractivity contribution is -0.420. The van der Waals surface area contributed by atoms with Crippen LogP contribution in [0.4, 0.5) is 0 Å². The van der Waals surface area contributed by atoms with Crippen molar-refractivity contribution in [2.45, 2.75) is 27.2 Å². The number of hydrogen-bond donors (Lipinski definition) is 0. The molecule has 0 atom stereocenters. The zero-order valence-electron chi connectivity index (χ0n) is 11.2. The lowest BCUT2D eigenvalue weighted by atomic mass is 10.1. The minimum absolute atomic E-state index is 0.0313. The van der Waals surface area contributed by atoms with Crippen LogP contribution >= 0.6 is 0 Å². The van der Waals surface area contributed by atoms with Crippen LogP contribution in [0.5, 0.6) is 0 Å². The number of carbonyl (C=O) groups excluding carboxylic acids is 1. The van der Waals surface area contributed by atoms with Gasteiger partial charge < -0.3 is 4.74 Å². The lowest BCUT2D eigenvalue weighted by Crippen LogP contribution is -2.08. The molecule has 1 rings (SSSR count). The van der Waals surface area contributed by atoms with Crippen LogP contribution < -0.4 is 0 Å². The Labute approximate surface area is 112 Å². The molecule has 0 aliphatic heterocycles. The number of Topliss-reactive ketones (excluding diaryl/α,β-unsaturated/α-hetero) is 1. The molecular weight excluding hydrogens is 246 g/mol. The Bertz CT molecular complexity index is 510. The number of hydrogen-bond acceptors (Lipinski definition) is 4. The normalized spacial score (nSPS) is 14.9. The van der Waals surface area contributed by atoms with Crippen molar-refractivity contribution in [2.75, 3.05) is 6.61 Å². The number of ketones is 1. The Morgan fingerprint density at radius 1 is 1.47 bits per heavy atom.